The Morgan fingerprint density at radius 2 is 1.81 bits per heavy atom. The smallest absolute Gasteiger partial charge is 0.251 e. The van der Waals surface area contributed by atoms with Crippen molar-refractivity contribution in [2.75, 3.05) is 13.7 Å². The second kappa shape index (κ2) is 8.82. The third-order valence-electron chi connectivity index (χ3n) is 3.70. The first-order chi connectivity index (χ1) is 12.3. The Morgan fingerprint density at radius 3 is 2.42 bits per heavy atom. The van der Waals surface area contributed by atoms with E-state index < -0.39 is 10.0 Å². The van der Waals surface area contributed by atoms with Gasteiger partial charge in [-0.25, -0.2) is 13.1 Å². The van der Waals surface area contributed by atoms with Gasteiger partial charge in [0.05, 0.1) is 12.0 Å². The lowest BCUT2D eigenvalue weighted by Gasteiger charge is -2.10. The number of sulfonamides is 1. The molecule has 7 heteroatoms. The molecule has 0 aromatic heterocycles. The Labute approximate surface area is 154 Å². The van der Waals surface area contributed by atoms with E-state index in [-0.39, 0.29) is 16.7 Å². The molecule has 0 aliphatic rings. The van der Waals surface area contributed by atoms with Crippen LogP contribution in [0.1, 0.15) is 29.8 Å². The summed E-state index contributed by atoms with van der Waals surface area (Å²) < 4.78 is 32.2. The average molecular weight is 376 g/mol. The van der Waals surface area contributed by atoms with E-state index >= 15 is 0 Å². The number of hydrogen-bond donors (Lipinski definition) is 2. The van der Waals surface area contributed by atoms with Gasteiger partial charge in [-0.1, -0.05) is 32.0 Å². The molecule has 140 valence electrons. The number of nitrogens with one attached hydrogen (secondary N) is 2. The van der Waals surface area contributed by atoms with Gasteiger partial charge in [0.25, 0.3) is 5.91 Å². The van der Waals surface area contributed by atoms with E-state index in [0.717, 1.165) is 11.3 Å². The van der Waals surface area contributed by atoms with Gasteiger partial charge < -0.3 is 10.1 Å². The summed E-state index contributed by atoms with van der Waals surface area (Å²) in [6.07, 6.45) is 0. The molecule has 0 aliphatic heterocycles. The minimum absolute atomic E-state index is 0.0789. The summed E-state index contributed by atoms with van der Waals surface area (Å²) >= 11 is 0. The molecule has 0 fully saturated rings. The number of benzene rings is 2. The first-order valence-electron chi connectivity index (χ1n) is 8.32. The van der Waals surface area contributed by atoms with Gasteiger partial charge in [0.15, 0.2) is 0 Å². The fourth-order valence-electron chi connectivity index (χ4n) is 2.19. The first kappa shape index (κ1) is 19.9. The van der Waals surface area contributed by atoms with Crippen LogP contribution >= 0.6 is 0 Å². The second-order valence-corrected chi connectivity index (χ2v) is 8.07. The van der Waals surface area contributed by atoms with Gasteiger partial charge in [0.2, 0.25) is 10.0 Å². The molecule has 0 aliphatic carbocycles. The molecule has 0 heterocycles. The molecular formula is C19H24N2O4S. The van der Waals surface area contributed by atoms with E-state index in [9.17, 15) is 13.2 Å². The minimum Gasteiger partial charge on any atom is -0.497 e. The molecule has 2 rings (SSSR count). The van der Waals surface area contributed by atoms with Gasteiger partial charge >= 0.3 is 0 Å². The first-order valence-corrected chi connectivity index (χ1v) is 9.81. The zero-order valence-corrected chi connectivity index (χ0v) is 16.0. The molecule has 26 heavy (non-hydrogen) atoms. The SMILES string of the molecule is COc1ccc(CNC(=O)c2cccc(S(=O)(=O)NCC(C)C)c2)cc1. The van der Waals surface area contributed by atoms with Gasteiger partial charge in [-0.15, -0.1) is 0 Å². The van der Waals surface area contributed by atoms with Crippen LogP contribution in [0.15, 0.2) is 53.4 Å². The molecule has 2 aromatic rings. The lowest BCUT2D eigenvalue weighted by atomic mass is 10.2. The zero-order chi connectivity index (χ0) is 19.2. The van der Waals surface area contributed by atoms with Crippen LogP contribution in [0.25, 0.3) is 0 Å². The Kier molecular flexibility index (Phi) is 6.76. The predicted molar refractivity (Wildman–Crippen MR) is 101 cm³/mol. The lowest BCUT2D eigenvalue weighted by Crippen LogP contribution is -2.28. The number of methoxy groups -OCH3 is 1. The molecule has 0 radical (unpaired) electrons. The van der Waals surface area contributed by atoms with E-state index in [4.69, 9.17) is 4.74 Å². The number of hydrogen-bond acceptors (Lipinski definition) is 4. The van der Waals surface area contributed by atoms with E-state index in [1.54, 1.807) is 19.2 Å². The fourth-order valence-corrected chi connectivity index (χ4v) is 3.45. The van der Waals surface area contributed by atoms with Crippen molar-refractivity contribution in [3.63, 3.8) is 0 Å². The maximum absolute atomic E-state index is 12.3. The van der Waals surface area contributed by atoms with Crippen molar-refractivity contribution in [2.45, 2.75) is 25.3 Å². The highest BCUT2D eigenvalue weighted by Crippen LogP contribution is 2.13. The summed E-state index contributed by atoms with van der Waals surface area (Å²) in [5.41, 5.74) is 1.22. The molecule has 1 amide bonds. The summed E-state index contributed by atoms with van der Waals surface area (Å²) in [6, 6.07) is 13.3. The highest BCUT2D eigenvalue weighted by Gasteiger charge is 2.16. The summed E-state index contributed by atoms with van der Waals surface area (Å²) in [4.78, 5) is 12.4. The third-order valence-corrected chi connectivity index (χ3v) is 5.12. The van der Waals surface area contributed by atoms with Gasteiger partial charge in [-0.3, -0.25) is 4.79 Å². The Morgan fingerprint density at radius 1 is 1.12 bits per heavy atom. The van der Waals surface area contributed by atoms with Gasteiger partial charge in [-0.05, 0) is 41.8 Å². The monoisotopic (exact) mass is 376 g/mol. The molecular weight excluding hydrogens is 352 g/mol. The largest absolute Gasteiger partial charge is 0.497 e. The molecule has 6 nitrogen and oxygen atoms in total. The van der Waals surface area contributed by atoms with E-state index in [1.165, 1.54) is 12.1 Å². The number of carbonyl (C=O) groups excluding carboxylic acids is 1. The van der Waals surface area contributed by atoms with Crippen molar-refractivity contribution < 1.29 is 17.9 Å². The Balaban J connectivity index is 2.05. The molecule has 2 aromatic carbocycles. The topological polar surface area (TPSA) is 84.5 Å². The van der Waals surface area contributed by atoms with E-state index in [0.29, 0.717) is 18.7 Å². The number of carbonyl (C=O) groups is 1. The lowest BCUT2D eigenvalue weighted by molar-refractivity contribution is 0.0950. The highest BCUT2D eigenvalue weighted by atomic mass is 32.2. The number of rotatable bonds is 8. The van der Waals surface area contributed by atoms with Crippen molar-refractivity contribution in [1.82, 2.24) is 10.0 Å². The highest BCUT2D eigenvalue weighted by molar-refractivity contribution is 7.89. The molecule has 0 atom stereocenters. The molecule has 0 unspecified atom stereocenters. The maximum Gasteiger partial charge on any atom is 0.251 e. The summed E-state index contributed by atoms with van der Waals surface area (Å²) in [7, 11) is -2.04. The third kappa shape index (κ3) is 5.57. The molecule has 0 saturated carbocycles. The summed E-state index contributed by atoms with van der Waals surface area (Å²) in [6.45, 7) is 4.53. The van der Waals surface area contributed by atoms with Crippen molar-refractivity contribution in [2.24, 2.45) is 5.92 Å². The summed E-state index contributed by atoms with van der Waals surface area (Å²) in [5.74, 6) is 0.606. The van der Waals surface area contributed by atoms with Crippen LogP contribution in [0.3, 0.4) is 0 Å². The van der Waals surface area contributed by atoms with Crippen molar-refractivity contribution in [3.05, 3.63) is 59.7 Å². The number of ether oxygens (including phenoxy) is 1. The Hall–Kier alpha value is -2.38. The van der Waals surface area contributed by atoms with Crippen molar-refractivity contribution in [1.29, 1.82) is 0 Å². The second-order valence-electron chi connectivity index (χ2n) is 6.30. The fraction of sp³-hybridized carbons (Fsp3) is 0.316. The van der Waals surface area contributed by atoms with Gasteiger partial charge in [0, 0.05) is 18.7 Å². The van der Waals surface area contributed by atoms with E-state index in [1.807, 2.05) is 38.1 Å². The van der Waals surface area contributed by atoms with Gasteiger partial charge in [0.1, 0.15) is 5.75 Å². The van der Waals surface area contributed by atoms with Crippen LogP contribution in [0, 0.1) is 5.92 Å². The van der Waals surface area contributed by atoms with E-state index in [2.05, 4.69) is 10.0 Å². The van der Waals surface area contributed by atoms with Crippen molar-refractivity contribution >= 4 is 15.9 Å². The average Bonchev–Trinajstić information content (AvgIpc) is 2.65. The summed E-state index contributed by atoms with van der Waals surface area (Å²) in [5, 5.41) is 2.79. The molecule has 0 saturated heterocycles. The number of amides is 1. The van der Waals surface area contributed by atoms with Gasteiger partial charge in [-0.2, -0.15) is 0 Å². The quantitative estimate of drug-likeness (QED) is 0.742. The minimum atomic E-state index is -3.63. The zero-order valence-electron chi connectivity index (χ0n) is 15.2. The van der Waals surface area contributed by atoms with Crippen LogP contribution < -0.4 is 14.8 Å². The van der Waals surface area contributed by atoms with Crippen LogP contribution in [0.5, 0.6) is 5.75 Å². The Bertz CT molecular complexity index is 846. The molecule has 0 bridgehead atoms. The molecule has 2 N–H and O–H groups in total. The van der Waals surface area contributed by atoms with Crippen LogP contribution in [0.2, 0.25) is 0 Å². The maximum atomic E-state index is 12.3. The molecule has 0 spiro atoms. The van der Waals surface area contributed by atoms with Crippen LogP contribution in [0.4, 0.5) is 0 Å². The predicted octanol–water partition coefficient (Wildman–Crippen LogP) is 2.56. The van der Waals surface area contributed by atoms with Crippen molar-refractivity contribution in [3.8, 4) is 5.75 Å². The normalized spacial score (nSPS) is 11.4. The van der Waals surface area contributed by atoms with Crippen LogP contribution in [-0.4, -0.2) is 28.0 Å². The van der Waals surface area contributed by atoms with Crippen LogP contribution in [-0.2, 0) is 16.6 Å². The standard InChI is InChI=1S/C19H24N2O4S/c1-14(2)12-21-26(23,24)18-6-4-5-16(11-18)19(22)20-13-15-7-9-17(25-3)10-8-15/h4-11,14,21H,12-13H2,1-3H3,(H,20,22).